The van der Waals surface area contributed by atoms with E-state index in [4.69, 9.17) is 20.8 Å². The van der Waals surface area contributed by atoms with Gasteiger partial charge in [0.25, 0.3) is 0 Å². The Morgan fingerprint density at radius 1 is 1.25 bits per heavy atom. The van der Waals surface area contributed by atoms with Crippen LogP contribution in [0.1, 0.15) is 17.7 Å². The van der Waals surface area contributed by atoms with Crippen LogP contribution in [-0.4, -0.2) is 18.3 Å². The Balaban J connectivity index is 1.57. The van der Waals surface area contributed by atoms with Crippen LogP contribution in [0.5, 0.6) is 5.75 Å². The molecule has 0 unspecified atom stereocenters. The predicted octanol–water partition coefficient (Wildman–Crippen LogP) is 3.34. The Morgan fingerprint density at radius 3 is 2.90 bits per heavy atom. The van der Waals surface area contributed by atoms with Crippen molar-refractivity contribution in [2.24, 2.45) is 0 Å². The van der Waals surface area contributed by atoms with Gasteiger partial charge in [-0.3, -0.25) is 0 Å². The number of benzene rings is 1. The molecule has 2 N–H and O–H groups in total. The lowest BCUT2D eigenvalue weighted by atomic mass is 10.2. The molecule has 5 heteroatoms. The Hall–Kier alpha value is -1.49. The second-order valence-electron chi connectivity index (χ2n) is 4.40. The number of rotatable bonds is 8. The lowest BCUT2D eigenvalue weighted by Gasteiger charge is -2.08. The minimum atomic E-state index is 0.221. The Kier molecular flexibility index (Phi) is 5.92. The lowest BCUT2D eigenvalue weighted by molar-refractivity contribution is 0.104. The smallest absolute Gasteiger partial charge is 0.129 e. The summed E-state index contributed by atoms with van der Waals surface area (Å²) in [6.07, 6.45) is 2.52. The van der Waals surface area contributed by atoms with Gasteiger partial charge in [0.2, 0.25) is 0 Å². The van der Waals surface area contributed by atoms with Gasteiger partial charge in [-0.15, -0.1) is 0 Å². The second-order valence-corrected chi connectivity index (χ2v) is 4.81. The molecule has 0 bridgehead atoms. The fraction of sp³-hybridized carbons (Fsp3) is 0.333. The van der Waals surface area contributed by atoms with Gasteiger partial charge in [0.1, 0.15) is 18.1 Å². The molecular weight excluding hydrogens is 278 g/mol. The highest BCUT2D eigenvalue weighted by molar-refractivity contribution is 6.31. The molecule has 0 saturated carbocycles. The van der Waals surface area contributed by atoms with Crippen molar-refractivity contribution in [1.82, 2.24) is 5.32 Å². The van der Waals surface area contributed by atoms with Crippen LogP contribution in [0, 0.1) is 0 Å². The zero-order chi connectivity index (χ0) is 14.2. The molecule has 20 heavy (non-hydrogen) atoms. The zero-order valence-corrected chi connectivity index (χ0v) is 11.9. The minimum absolute atomic E-state index is 0.221. The average molecular weight is 296 g/mol. The predicted molar refractivity (Wildman–Crippen MR) is 77.8 cm³/mol. The summed E-state index contributed by atoms with van der Waals surface area (Å²) in [4.78, 5) is 0. The molecule has 0 amide bonds. The maximum absolute atomic E-state index is 9.68. The standard InChI is InChI=1S/C15H18ClNO3/c16-14-5-1-6-15(18)13(14)10-17-7-3-8-19-11-12-4-2-9-20-12/h1-2,4-6,9,17-18H,3,7-8,10-11H2. The van der Waals surface area contributed by atoms with Crippen molar-refractivity contribution in [2.75, 3.05) is 13.2 Å². The molecule has 2 rings (SSSR count). The SMILES string of the molecule is Oc1cccc(Cl)c1CNCCCOCc1ccco1. The number of ether oxygens (including phenoxy) is 1. The van der Waals surface area contributed by atoms with E-state index in [1.807, 2.05) is 12.1 Å². The fourth-order valence-corrected chi connectivity index (χ4v) is 2.04. The summed E-state index contributed by atoms with van der Waals surface area (Å²) in [5.74, 6) is 1.05. The Labute approximate surface area is 123 Å². The van der Waals surface area contributed by atoms with E-state index < -0.39 is 0 Å². The molecule has 2 aromatic rings. The molecule has 108 valence electrons. The second kappa shape index (κ2) is 7.94. The molecule has 4 nitrogen and oxygen atoms in total. The third-order valence-corrected chi connectivity index (χ3v) is 3.22. The molecule has 0 saturated heterocycles. The molecule has 0 radical (unpaired) electrons. The van der Waals surface area contributed by atoms with E-state index >= 15 is 0 Å². The molecule has 0 aliphatic carbocycles. The number of halogens is 1. The van der Waals surface area contributed by atoms with Gasteiger partial charge >= 0.3 is 0 Å². The number of furan rings is 1. The van der Waals surface area contributed by atoms with Gasteiger partial charge in [0.05, 0.1) is 6.26 Å². The van der Waals surface area contributed by atoms with Gasteiger partial charge in [0, 0.05) is 23.7 Å². The van der Waals surface area contributed by atoms with Crippen LogP contribution in [0.4, 0.5) is 0 Å². The van der Waals surface area contributed by atoms with E-state index in [-0.39, 0.29) is 5.75 Å². The first-order chi connectivity index (χ1) is 9.77. The normalized spacial score (nSPS) is 10.8. The third-order valence-electron chi connectivity index (χ3n) is 2.86. The minimum Gasteiger partial charge on any atom is -0.508 e. The number of hydrogen-bond donors (Lipinski definition) is 2. The van der Waals surface area contributed by atoms with E-state index in [0.29, 0.717) is 24.8 Å². The van der Waals surface area contributed by atoms with Crippen molar-refractivity contribution >= 4 is 11.6 Å². The van der Waals surface area contributed by atoms with E-state index in [9.17, 15) is 5.11 Å². The first-order valence-electron chi connectivity index (χ1n) is 6.54. The van der Waals surface area contributed by atoms with Crippen LogP contribution in [0.25, 0.3) is 0 Å². The molecule has 1 aromatic carbocycles. The Bertz CT molecular complexity index is 494. The third kappa shape index (κ3) is 4.56. The van der Waals surface area contributed by atoms with Crippen LogP contribution >= 0.6 is 11.6 Å². The maximum Gasteiger partial charge on any atom is 0.129 e. The van der Waals surface area contributed by atoms with Gasteiger partial charge in [-0.05, 0) is 37.2 Å². The van der Waals surface area contributed by atoms with E-state index in [0.717, 1.165) is 24.3 Å². The number of phenolic OH excluding ortho intramolecular Hbond substituents is 1. The van der Waals surface area contributed by atoms with E-state index in [2.05, 4.69) is 5.32 Å². The van der Waals surface area contributed by atoms with E-state index in [1.165, 1.54) is 0 Å². The van der Waals surface area contributed by atoms with Crippen molar-refractivity contribution in [2.45, 2.75) is 19.6 Å². The number of phenols is 1. The molecule has 0 aliphatic heterocycles. The van der Waals surface area contributed by atoms with Gasteiger partial charge in [0.15, 0.2) is 0 Å². The van der Waals surface area contributed by atoms with Gasteiger partial charge < -0.3 is 19.6 Å². The first-order valence-corrected chi connectivity index (χ1v) is 6.92. The van der Waals surface area contributed by atoms with Gasteiger partial charge in [-0.2, -0.15) is 0 Å². The highest BCUT2D eigenvalue weighted by atomic mass is 35.5. The maximum atomic E-state index is 9.68. The average Bonchev–Trinajstić information content (AvgIpc) is 2.93. The monoisotopic (exact) mass is 295 g/mol. The van der Waals surface area contributed by atoms with Crippen LogP contribution in [0.2, 0.25) is 5.02 Å². The quantitative estimate of drug-likeness (QED) is 0.734. The van der Waals surface area contributed by atoms with Crippen LogP contribution in [-0.2, 0) is 17.9 Å². The lowest BCUT2D eigenvalue weighted by Crippen LogP contribution is -2.16. The van der Waals surface area contributed by atoms with Gasteiger partial charge in [-0.25, -0.2) is 0 Å². The highest BCUT2D eigenvalue weighted by Crippen LogP contribution is 2.24. The molecule has 1 aromatic heterocycles. The Morgan fingerprint density at radius 2 is 2.15 bits per heavy atom. The fourth-order valence-electron chi connectivity index (χ4n) is 1.80. The van der Waals surface area contributed by atoms with Crippen molar-refractivity contribution in [1.29, 1.82) is 0 Å². The first kappa shape index (κ1) is 14.9. The molecule has 0 aliphatic rings. The van der Waals surface area contributed by atoms with Crippen molar-refractivity contribution < 1.29 is 14.3 Å². The highest BCUT2D eigenvalue weighted by Gasteiger charge is 2.04. The van der Waals surface area contributed by atoms with Crippen LogP contribution in [0.15, 0.2) is 41.0 Å². The summed E-state index contributed by atoms with van der Waals surface area (Å²) in [6.45, 7) is 2.49. The summed E-state index contributed by atoms with van der Waals surface area (Å²) in [6, 6.07) is 8.86. The molecular formula is C15H18ClNO3. The largest absolute Gasteiger partial charge is 0.508 e. The zero-order valence-electron chi connectivity index (χ0n) is 11.1. The summed E-state index contributed by atoms with van der Waals surface area (Å²) < 4.78 is 10.6. The van der Waals surface area contributed by atoms with Crippen molar-refractivity contribution in [3.8, 4) is 5.75 Å². The molecule has 0 atom stereocenters. The number of aromatic hydroxyl groups is 1. The van der Waals surface area contributed by atoms with Crippen LogP contribution in [0.3, 0.4) is 0 Å². The summed E-state index contributed by atoms with van der Waals surface area (Å²) >= 11 is 6.01. The van der Waals surface area contributed by atoms with Crippen LogP contribution < -0.4 is 5.32 Å². The summed E-state index contributed by atoms with van der Waals surface area (Å²) in [7, 11) is 0. The van der Waals surface area contributed by atoms with E-state index in [1.54, 1.807) is 24.5 Å². The summed E-state index contributed by atoms with van der Waals surface area (Å²) in [5.41, 5.74) is 0.727. The molecule has 0 fully saturated rings. The number of hydrogen-bond acceptors (Lipinski definition) is 4. The summed E-state index contributed by atoms with van der Waals surface area (Å²) in [5, 5.41) is 13.5. The molecule has 1 heterocycles. The van der Waals surface area contributed by atoms with Gasteiger partial charge in [-0.1, -0.05) is 17.7 Å². The topological polar surface area (TPSA) is 54.6 Å². The number of nitrogens with one attached hydrogen (secondary N) is 1. The van der Waals surface area contributed by atoms with Crippen molar-refractivity contribution in [3.63, 3.8) is 0 Å². The van der Waals surface area contributed by atoms with Crippen molar-refractivity contribution in [3.05, 3.63) is 52.9 Å². The molecule has 0 spiro atoms.